The molecule has 0 radical (unpaired) electrons. The zero-order chi connectivity index (χ0) is 12.0. The second-order valence-electron chi connectivity index (χ2n) is 4.71. The number of aromatic nitrogens is 2. The standard InChI is InChI=1S/C13H14N2O2/c1-3-13(2)8-15-11(16)9-6-4-5-7-10(9)14-12(15)17-13/h4-7H,3,8H2,1-2H3/t13-/m0/s1. The van der Waals surface area contributed by atoms with Crippen LogP contribution in [0.4, 0.5) is 0 Å². The van der Waals surface area contributed by atoms with Crippen LogP contribution in [0.5, 0.6) is 6.01 Å². The van der Waals surface area contributed by atoms with Crippen molar-refractivity contribution in [1.29, 1.82) is 0 Å². The first kappa shape index (κ1) is 10.3. The molecule has 2 heterocycles. The highest BCUT2D eigenvalue weighted by Crippen LogP contribution is 2.29. The smallest absolute Gasteiger partial charge is 0.300 e. The van der Waals surface area contributed by atoms with Gasteiger partial charge in [0.05, 0.1) is 17.4 Å². The number of ether oxygens (including phenoxy) is 1. The Labute approximate surface area is 98.9 Å². The minimum Gasteiger partial charge on any atom is -0.456 e. The lowest BCUT2D eigenvalue weighted by Crippen LogP contribution is -2.31. The summed E-state index contributed by atoms with van der Waals surface area (Å²) in [5.41, 5.74) is 0.378. The molecule has 1 atom stereocenters. The molecule has 1 aromatic carbocycles. The number of rotatable bonds is 1. The Kier molecular flexibility index (Phi) is 2.02. The van der Waals surface area contributed by atoms with E-state index in [1.807, 2.05) is 25.1 Å². The summed E-state index contributed by atoms with van der Waals surface area (Å²) < 4.78 is 7.42. The lowest BCUT2D eigenvalue weighted by atomic mass is 10.0. The molecule has 0 saturated carbocycles. The fraction of sp³-hybridized carbons (Fsp3) is 0.385. The van der Waals surface area contributed by atoms with Gasteiger partial charge in [-0.1, -0.05) is 19.1 Å². The normalized spacial score (nSPS) is 22.5. The van der Waals surface area contributed by atoms with Crippen molar-refractivity contribution >= 4 is 10.9 Å². The van der Waals surface area contributed by atoms with E-state index < -0.39 is 0 Å². The highest BCUT2D eigenvalue weighted by molar-refractivity contribution is 5.77. The minimum atomic E-state index is -0.309. The van der Waals surface area contributed by atoms with Crippen LogP contribution in [0.2, 0.25) is 0 Å². The van der Waals surface area contributed by atoms with Crippen LogP contribution in [0.25, 0.3) is 10.9 Å². The van der Waals surface area contributed by atoms with Crippen LogP contribution in [0.15, 0.2) is 29.1 Å². The van der Waals surface area contributed by atoms with E-state index in [1.54, 1.807) is 10.6 Å². The van der Waals surface area contributed by atoms with Gasteiger partial charge >= 0.3 is 6.01 Å². The predicted octanol–water partition coefficient (Wildman–Crippen LogP) is 1.96. The first-order valence-corrected chi connectivity index (χ1v) is 5.81. The van der Waals surface area contributed by atoms with Crippen LogP contribution in [0.3, 0.4) is 0 Å². The van der Waals surface area contributed by atoms with Gasteiger partial charge in [-0.2, -0.15) is 4.98 Å². The largest absolute Gasteiger partial charge is 0.456 e. The topological polar surface area (TPSA) is 44.1 Å². The van der Waals surface area contributed by atoms with Crippen molar-refractivity contribution in [2.75, 3.05) is 0 Å². The Hall–Kier alpha value is -1.84. The molecular formula is C13H14N2O2. The third kappa shape index (κ3) is 1.44. The van der Waals surface area contributed by atoms with E-state index >= 15 is 0 Å². The Morgan fingerprint density at radius 1 is 1.47 bits per heavy atom. The minimum absolute atomic E-state index is 0.0113. The van der Waals surface area contributed by atoms with E-state index in [0.717, 1.165) is 6.42 Å². The molecule has 17 heavy (non-hydrogen) atoms. The average molecular weight is 230 g/mol. The lowest BCUT2D eigenvalue weighted by molar-refractivity contribution is 0.105. The highest BCUT2D eigenvalue weighted by atomic mass is 16.5. The van der Waals surface area contributed by atoms with Crippen molar-refractivity contribution in [3.05, 3.63) is 34.6 Å². The molecule has 0 bridgehead atoms. The van der Waals surface area contributed by atoms with E-state index in [1.165, 1.54) is 0 Å². The Morgan fingerprint density at radius 3 is 3.00 bits per heavy atom. The summed E-state index contributed by atoms with van der Waals surface area (Å²) >= 11 is 0. The van der Waals surface area contributed by atoms with Crippen LogP contribution < -0.4 is 10.3 Å². The number of fused-ring (bicyclic) bond motifs is 2. The van der Waals surface area contributed by atoms with Crippen LogP contribution in [-0.4, -0.2) is 15.2 Å². The Balaban J connectivity index is 2.28. The van der Waals surface area contributed by atoms with E-state index in [2.05, 4.69) is 11.9 Å². The number of hydrogen-bond donors (Lipinski definition) is 0. The van der Waals surface area contributed by atoms with Crippen molar-refractivity contribution in [2.24, 2.45) is 0 Å². The molecular weight excluding hydrogens is 216 g/mol. The van der Waals surface area contributed by atoms with Crippen molar-refractivity contribution in [2.45, 2.75) is 32.4 Å². The monoisotopic (exact) mass is 230 g/mol. The van der Waals surface area contributed by atoms with Gasteiger partial charge in [0.2, 0.25) is 0 Å². The summed E-state index contributed by atoms with van der Waals surface area (Å²) in [4.78, 5) is 16.7. The number of hydrogen-bond acceptors (Lipinski definition) is 3. The van der Waals surface area contributed by atoms with Gasteiger partial charge in [0.15, 0.2) is 0 Å². The summed E-state index contributed by atoms with van der Waals surface area (Å²) in [6.07, 6.45) is 0.853. The van der Waals surface area contributed by atoms with Crippen LogP contribution in [-0.2, 0) is 6.54 Å². The van der Waals surface area contributed by atoms with Crippen LogP contribution >= 0.6 is 0 Å². The second-order valence-corrected chi connectivity index (χ2v) is 4.71. The van der Waals surface area contributed by atoms with E-state index in [9.17, 15) is 4.79 Å². The lowest BCUT2D eigenvalue weighted by Gasteiger charge is -2.19. The van der Waals surface area contributed by atoms with Crippen molar-refractivity contribution < 1.29 is 4.74 Å². The summed E-state index contributed by atoms with van der Waals surface area (Å²) in [6.45, 7) is 4.64. The third-order valence-corrected chi connectivity index (χ3v) is 3.40. The third-order valence-electron chi connectivity index (χ3n) is 3.40. The highest BCUT2D eigenvalue weighted by Gasteiger charge is 2.35. The molecule has 0 spiro atoms. The molecule has 3 rings (SSSR count). The SMILES string of the molecule is CC[C@@]1(C)Cn2c(nc3ccccc3c2=O)O1. The van der Waals surface area contributed by atoms with Gasteiger partial charge in [-0.3, -0.25) is 9.36 Å². The zero-order valence-electron chi connectivity index (χ0n) is 9.93. The van der Waals surface area contributed by atoms with Gasteiger partial charge in [-0.25, -0.2) is 0 Å². The van der Waals surface area contributed by atoms with Crippen molar-refractivity contribution in [1.82, 2.24) is 9.55 Å². The van der Waals surface area contributed by atoms with Gasteiger partial charge in [-0.05, 0) is 25.5 Å². The number of para-hydroxylation sites is 1. The first-order chi connectivity index (χ1) is 8.13. The fourth-order valence-electron chi connectivity index (χ4n) is 2.14. The molecule has 0 unspecified atom stereocenters. The fourth-order valence-corrected chi connectivity index (χ4v) is 2.14. The molecule has 1 aliphatic heterocycles. The van der Waals surface area contributed by atoms with Gasteiger partial charge in [0, 0.05) is 0 Å². The first-order valence-electron chi connectivity index (χ1n) is 5.81. The molecule has 0 fully saturated rings. The molecule has 0 amide bonds. The maximum atomic E-state index is 12.3. The van der Waals surface area contributed by atoms with Gasteiger partial charge in [-0.15, -0.1) is 0 Å². The summed E-state index contributed by atoms with van der Waals surface area (Å²) in [6, 6.07) is 7.81. The predicted molar refractivity (Wildman–Crippen MR) is 65.3 cm³/mol. The summed E-state index contributed by atoms with van der Waals surface area (Å²) in [5.74, 6) is 0. The van der Waals surface area contributed by atoms with E-state index in [0.29, 0.717) is 23.5 Å². The van der Waals surface area contributed by atoms with Gasteiger partial charge in [0.1, 0.15) is 5.60 Å². The van der Waals surface area contributed by atoms with Crippen molar-refractivity contribution in [3.8, 4) is 6.01 Å². The van der Waals surface area contributed by atoms with Crippen LogP contribution in [0, 0.1) is 0 Å². The Bertz CT molecular complexity index is 647. The van der Waals surface area contributed by atoms with Gasteiger partial charge in [0.25, 0.3) is 5.56 Å². The summed E-state index contributed by atoms with van der Waals surface area (Å²) in [7, 11) is 0. The maximum Gasteiger partial charge on any atom is 0.300 e. The van der Waals surface area contributed by atoms with E-state index in [4.69, 9.17) is 4.74 Å². The van der Waals surface area contributed by atoms with E-state index in [-0.39, 0.29) is 11.2 Å². The number of benzene rings is 1. The molecule has 2 aromatic rings. The maximum absolute atomic E-state index is 12.3. The molecule has 88 valence electrons. The molecule has 4 nitrogen and oxygen atoms in total. The molecule has 4 heteroatoms. The van der Waals surface area contributed by atoms with Crippen LogP contribution in [0.1, 0.15) is 20.3 Å². The molecule has 1 aliphatic rings. The molecule has 0 N–H and O–H groups in total. The molecule has 1 aromatic heterocycles. The van der Waals surface area contributed by atoms with Gasteiger partial charge < -0.3 is 4.74 Å². The summed E-state index contributed by atoms with van der Waals surface area (Å²) in [5, 5.41) is 0.653. The zero-order valence-corrected chi connectivity index (χ0v) is 9.93. The Morgan fingerprint density at radius 2 is 2.24 bits per heavy atom. The van der Waals surface area contributed by atoms with Crippen molar-refractivity contribution in [3.63, 3.8) is 0 Å². The molecule has 0 saturated heterocycles. The number of nitrogens with zero attached hydrogens (tertiary/aromatic N) is 2. The second kappa shape index (κ2) is 3.32. The quantitative estimate of drug-likeness (QED) is 0.752. The molecule has 0 aliphatic carbocycles. The average Bonchev–Trinajstić information content (AvgIpc) is 2.68.